The van der Waals surface area contributed by atoms with Crippen LogP contribution in [-0.4, -0.2) is 34.2 Å². The van der Waals surface area contributed by atoms with Crippen LogP contribution in [0.1, 0.15) is 58.1 Å². The lowest BCUT2D eigenvalue weighted by molar-refractivity contribution is 0.342. The van der Waals surface area contributed by atoms with Gasteiger partial charge in [-0.25, -0.2) is 0 Å². The number of thioether (sulfide) groups is 1. The average molecular weight is 452 g/mol. The molecule has 1 aliphatic carbocycles. The molecule has 1 fully saturated rings. The zero-order chi connectivity index (χ0) is 22.6. The van der Waals surface area contributed by atoms with Crippen molar-refractivity contribution in [1.29, 1.82) is 0 Å². The fraction of sp³-hybridized carbons (Fsp3) is 0.462. The van der Waals surface area contributed by atoms with Crippen LogP contribution < -0.4 is 9.47 Å². The van der Waals surface area contributed by atoms with E-state index in [9.17, 15) is 0 Å². The van der Waals surface area contributed by atoms with Gasteiger partial charge < -0.3 is 9.47 Å². The van der Waals surface area contributed by atoms with Crippen LogP contribution in [0.4, 0.5) is 0 Å². The monoisotopic (exact) mass is 451 g/mol. The molecule has 0 spiro atoms. The van der Waals surface area contributed by atoms with Gasteiger partial charge in [0.1, 0.15) is 11.5 Å². The number of hydrogen-bond acceptors (Lipinski definition) is 5. The Hall–Kier alpha value is -2.47. The second-order valence-electron chi connectivity index (χ2n) is 9.31. The second-order valence-corrected chi connectivity index (χ2v) is 10.4. The summed E-state index contributed by atoms with van der Waals surface area (Å²) in [7, 11) is 1.67. The lowest BCUT2D eigenvalue weighted by Gasteiger charge is -2.20. The standard InChI is InChI=1S/C26H33N3O2S/c1-26(2,3)20-11-9-19(10-12-20)24-27-28-25(29(24)21-7-5-6-8-21)32-18-17-31-23-15-13-22(30-4)14-16-23/h9-16,21H,5-8,17-18H2,1-4H3. The molecule has 4 rings (SSSR count). The van der Waals surface area contributed by atoms with Crippen molar-refractivity contribution in [2.75, 3.05) is 19.5 Å². The van der Waals surface area contributed by atoms with E-state index in [-0.39, 0.29) is 5.41 Å². The van der Waals surface area contributed by atoms with Gasteiger partial charge in [-0.2, -0.15) is 0 Å². The first-order valence-corrected chi connectivity index (χ1v) is 12.4. The molecule has 0 aliphatic heterocycles. The van der Waals surface area contributed by atoms with Crippen molar-refractivity contribution in [1.82, 2.24) is 14.8 Å². The summed E-state index contributed by atoms with van der Waals surface area (Å²) < 4.78 is 13.5. The number of rotatable bonds is 8. The molecule has 5 nitrogen and oxygen atoms in total. The van der Waals surface area contributed by atoms with E-state index >= 15 is 0 Å². The van der Waals surface area contributed by atoms with E-state index in [0.717, 1.165) is 33.8 Å². The minimum Gasteiger partial charge on any atom is -0.497 e. The van der Waals surface area contributed by atoms with Crippen LogP contribution >= 0.6 is 11.8 Å². The third-order valence-corrected chi connectivity index (χ3v) is 6.91. The Morgan fingerprint density at radius 2 is 1.59 bits per heavy atom. The number of benzene rings is 2. The molecular weight excluding hydrogens is 418 g/mol. The highest BCUT2D eigenvalue weighted by molar-refractivity contribution is 7.99. The van der Waals surface area contributed by atoms with E-state index in [1.165, 1.54) is 31.2 Å². The minimum atomic E-state index is 0.141. The van der Waals surface area contributed by atoms with E-state index < -0.39 is 0 Å². The first-order valence-electron chi connectivity index (χ1n) is 11.4. The molecule has 0 atom stereocenters. The molecule has 3 aromatic rings. The van der Waals surface area contributed by atoms with E-state index in [4.69, 9.17) is 9.47 Å². The van der Waals surface area contributed by atoms with Crippen LogP contribution in [0.25, 0.3) is 11.4 Å². The van der Waals surface area contributed by atoms with E-state index in [1.807, 2.05) is 24.3 Å². The Morgan fingerprint density at radius 3 is 2.22 bits per heavy atom. The van der Waals surface area contributed by atoms with Crippen molar-refractivity contribution in [3.05, 3.63) is 54.1 Å². The summed E-state index contributed by atoms with van der Waals surface area (Å²) in [6.45, 7) is 7.34. The second kappa shape index (κ2) is 9.99. The SMILES string of the molecule is COc1ccc(OCCSc2nnc(-c3ccc(C(C)(C)C)cc3)n2C2CCCC2)cc1. The summed E-state index contributed by atoms with van der Waals surface area (Å²) in [6, 6.07) is 17.0. The van der Waals surface area contributed by atoms with Crippen LogP contribution in [0.3, 0.4) is 0 Å². The number of aromatic nitrogens is 3. The average Bonchev–Trinajstić information content (AvgIpc) is 3.46. The maximum atomic E-state index is 5.90. The fourth-order valence-electron chi connectivity index (χ4n) is 4.15. The summed E-state index contributed by atoms with van der Waals surface area (Å²) in [5, 5.41) is 10.2. The molecule has 0 N–H and O–H groups in total. The van der Waals surface area contributed by atoms with Gasteiger partial charge >= 0.3 is 0 Å². The Kier molecular flexibility index (Phi) is 7.09. The minimum absolute atomic E-state index is 0.141. The lowest BCUT2D eigenvalue weighted by atomic mass is 9.86. The van der Waals surface area contributed by atoms with Crippen molar-refractivity contribution in [3.63, 3.8) is 0 Å². The molecular formula is C26H33N3O2S. The van der Waals surface area contributed by atoms with E-state index in [2.05, 4.69) is 59.8 Å². The van der Waals surface area contributed by atoms with Crippen LogP contribution in [0.2, 0.25) is 0 Å². The van der Waals surface area contributed by atoms with Crippen molar-refractivity contribution in [2.45, 2.75) is 63.1 Å². The highest BCUT2D eigenvalue weighted by atomic mass is 32.2. The molecule has 0 radical (unpaired) electrons. The molecule has 0 unspecified atom stereocenters. The van der Waals surface area contributed by atoms with Gasteiger partial charge in [0.25, 0.3) is 0 Å². The van der Waals surface area contributed by atoms with E-state index in [1.54, 1.807) is 18.9 Å². The smallest absolute Gasteiger partial charge is 0.191 e. The maximum absolute atomic E-state index is 5.90. The van der Waals surface area contributed by atoms with Gasteiger partial charge in [-0.05, 0) is 48.1 Å². The Morgan fingerprint density at radius 1 is 0.938 bits per heavy atom. The zero-order valence-electron chi connectivity index (χ0n) is 19.5. The van der Waals surface area contributed by atoms with Crippen molar-refractivity contribution in [3.8, 4) is 22.9 Å². The number of ether oxygens (including phenoxy) is 2. The van der Waals surface area contributed by atoms with Crippen LogP contribution in [0.5, 0.6) is 11.5 Å². The molecule has 1 aromatic heterocycles. The summed E-state index contributed by atoms with van der Waals surface area (Å²) in [6.07, 6.45) is 4.94. The molecule has 1 saturated carbocycles. The molecule has 170 valence electrons. The van der Waals surface area contributed by atoms with Crippen molar-refractivity contribution in [2.24, 2.45) is 0 Å². The third-order valence-electron chi connectivity index (χ3n) is 6.01. The molecule has 2 aromatic carbocycles. The maximum Gasteiger partial charge on any atom is 0.191 e. The Labute approximate surface area is 195 Å². The highest BCUT2D eigenvalue weighted by Gasteiger charge is 2.25. The van der Waals surface area contributed by atoms with E-state index in [0.29, 0.717) is 12.6 Å². The van der Waals surface area contributed by atoms with Gasteiger partial charge in [0.05, 0.1) is 13.7 Å². The van der Waals surface area contributed by atoms with Crippen molar-refractivity contribution < 1.29 is 9.47 Å². The first kappa shape index (κ1) is 22.7. The molecule has 0 amide bonds. The normalized spacial score (nSPS) is 14.6. The summed E-state index contributed by atoms with van der Waals surface area (Å²) >= 11 is 1.72. The Balaban J connectivity index is 1.46. The topological polar surface area (TPSA) is 49.2 Å². The van der Waals surface area contributed by atoms with Gasteiger partial charge in [-0.3, -0.25) is 4.57 Å². The Bertz CT molecular complexity index is 1000. The van der Waals surface area contributed by atoms with Crippen LogP contribution in [0, 0.1) is 0 Å². The van der Waals surface area contributed by atoms with Crippen molar-refractivity contribution >= 4 is 11.8 Å². The molecule has 0 bridgehead atoms. The number of hydrogen-bond donors (Lipinski definition) is 0. The molecule has 6 heteroatoms. The van der Waals surface area contributed by atoms with Gasteiger partial charge in [0.15, 0.2) is 11.0 Å². The summed E-state index contributed by atoms with van der Waals surface area (Å²) in [5.41, 5.74) is 2.61. The predicted octanol–water partition coefficient (Wildman–Crippen LogP) is 6.54. The number of methoxy groups -OCH3 is 1. The summed E-state index contributed by atoms with van der Waals surface area (Å²) in [5.74, 6) is 3.48. The molecule has 1 aliphatic rings. The molecule has 0 saturated heterocycles. The van der Waals surface area contributed by atoms with Gasteiger partial charge in [-0.1, -0.05) is 69.6 Å². The first-order chi connectivity index (χ1) is 15.5. The van der Waals surface area contributed by atoms with Crippen LogP contribution in [0.15, 0.2) is 53.7 Å². The van der Waals surface area contributed by atoms with Crippen LogP contribution in [-0.2, 0) is 5.41 Å². The quantitative estimate of drug-likeness (QED) is 0.288. The van der Waals surface area contributed by atoms with Gasteiger partial charge in [0.2, 0.25) is 0 Å². The fourth-order valence-corrected chi connectivity index (χ4v) is 4.97. The predicted molar refractivity (Wildman–Crippen MR) is 131 cm³/mol. The molecule has 32 heavy (non-hydrogen) atoms. The lowest BCUT2D eigenvalue weighted by Crippen LogP contribution is -2.11. The number of nitrogens with zero attached hydrogens (tertiary/aromatic N) is 3. The zero-order valence-corrected chi connectivity index (χ0v) is 20.3. The largest absolute Gasteiger partial charge is 0.497 e. The van der Waals surface area contributed by atoms with Gasteiger partial charge in [-0.15, -0.1) is 10.2 Å². The van der Waals surface area contributed by atoms with Gasteiger partial charge in [0, 0.05) is 17.4 Å². The highest BCUT2D eigenvalue weighted by Crippen LogP contribution is 2.37. The molecule has 1 heterocycles. The summed E-state index contributed by atoms with van der Waals surface area (Å²) in [4.78, 5) is 0. The third kappa shape index (κ3) is 5.29.